The topological polar surface area (TPSA) is 84.7 Å². The van der Waals surface area contributed by atoms with E-state index in [1.54, 1.807) is 16.7 Å². The molecule has 1 saturated carbocycles. The molecule has 1 aliphatic carbocycles. The van der Waals surface area contributed by atoms with Crippen LogP contribution in [0.4, 0.5) is 5.82 Å². The third-order valence-electron chi connectivity index (χ3n) is 5.29. The molecule has 2 heterocycles. The molecule has 0 saturated heterocycles. The number of pyridine rings is 1. The van der Waals surface area contributed by atoms with Gasteiger partial charge in [-0.2, -0.15) is 0 Å². The van der Waals surface area contributed by atoms with Crippen molar-refractivity contribution in [1.29, 1.82) is 0 Å². The van der Waals surface area contributed by atoms with E-state index in [0.717, 1.165) is 31.2 Å². The number of nitrogens with zero attached hydrogens (tertiary/aromatic N) is 2. The van der Waals surface area contributed by atoms with E-state index in [1.165, 1.54) is 6.42 Å². The van der Waals surface area contributed by atoms with Crippen LogP contribution in [0, 0.1) is 0 Å². The molecule has 0 unspecified atom stereocenters. The van der Waals surface area contributed by atoms with Crippen LogP contribution in [0.5, 0.6) is 0 Å². The first kappa shape index (κ1) is 20.1. The number of fused-ring (bicyclic) bond motifs is 1. The van der Waals surface area contributed by atoms with E-state index < -0.39 is 0 Å². The number of carbonyl (C=O) groups is 2. The summed E-state index contributed by atoms with van der Waals surface area (Å²) in [6.07, 6.45) is 7.21. The molecule has 2 amide bonds. The number of carbonyl (C=O) groups excluding carboxylic acids is 2. The van der Waals surface area contributed by atoms with Crippen LogP contribution in [0.25, 0.3) is 5.65 Å². The van der Waals surface area contributed by atoms with Gasteiger partial charge in [-0.25, -0.2) is 4.98 Å². The number of hydrogen-bond donors (Lipinski definition) is 2. The fourth-order valence-corrected chi connectivity index (χ4v) is 3.80. The number of hydrogen-bond acceptors (Lipinski definition) is 4. The van der Waals surface area contributed by atoms with Gasteiger partial charge in [-0.15, -0.1) is 0 Å². The zero-order valence-electron chi connectivity index (χ0n) is 16.8. The predicted molar refractivity (Wildman–Crippen MR) is 114 cm³/mol. The van der Waals surface area contributed by atoms with Gasteiger partial charge in [-0.3, -0.25) is 14.0 Å². The highest BCUT2D eigenvalue weighted by molar-refractivity contribution is 6.03. The van der Waals surface area contributed by atoms with E-state index in [9.17, 15) is 9.59 Å². The Hall–Kier alpha value is -3.19. The lowest BCUT2D eigenvalue weighted by Gasteiger charge is -2.22. The van der Waals surface area contributed by atoms with Crippen molar-refractivity contribution in [2.75, 3.05) is 11.9 Å². The standard InChI is InChI=1S/C23H26N4O3/c28-20(16-30-15-17-9-3-1-4-10-17)26-22-21(27-14-8-7-13-19(27)25-22)23(29)24-18-11-5-2-6-12-18/h1,3-4,7-10,13-14,18H,2,5-6,11-12,15-16H2,(H,24,29)(H,26,28). The van der Waals surface area contributed by atoms with Crippen molar-refractivity contribution in [2.24, 2.45) is 0 Å². The summed E-state index contributed by atoms with van der Waals surface area (Å²) in [7, 11) is 0. The van der Waals surface area contributed by atoms with Crippen LogP contribution in [0.15, 0.2) is 54.7 Å². The Bertz CT molecular complexity index is 1010. The van der Waals surface area contributed by atoms with Crippen molar-refractivity contribution in [3.63, 3.8) is 0 Å². The van der Waals surface area contributed by atoms with Gasteiger partial charge in [-0.05, 0) is 30.5 Å². The molecular weight excluding hydrogens is 380 g/mol. The minimum absolute atomic E-state index is 0.119. The summed E-state index contributed by atoms with van der Waals surface area (Å²) in [5.74, 6) is -0.315. The fraction of sp³-hybridized carbons (Fsp3) is 0.348. The molecule has 2 N–H and O–H groups in total. The monoisotopic (exact) mass is 406 g/mol. The predicted octanol–water partition coefficient (Wildman–Crippen LogP) is 3.55. The van der Waals surface area contributed by atoms with Gasteiger partial charge in [0.2, 0.25) is 0 Å². The Morgan fingerprint density at radius 3 is 2.60 bits per heavy atom. The molecule has 3 aromatic rings. The average molecular weight is 406 g/mol. The smallest absolute Gasteiger partial charge is 0.272 e. The highest BCUT2D eigenvalue weighted by atomic mass is 16.5. The van der Waals surface area contributed by atoms with Gasteiger partial charge in [-0.1, -0.05) is 55.7 Å². The molecule has 1 aromatic carbocycles. The van der Waals surface area contributed by atoms with E-state index in [4.69, 9.17) is 4.74 Å². The van der Waals surface area contributed by atoms with Crippen molar-refractivity contribution in [2.45, 2.75) is 44.8 Å². The molecule has 0 atom stereocenters. The van der Waals surface area contributed by atoms with Gasteiger partial charge in [0.05, 0.1) is 6.61 Å². The molecule has 156 valence electrons. The molecule has 7 nitrogen and oxygen atoms in total. The summed E-state index contributed by atoms with van der Waals surface area (Å²) >= 11 is 0. The Morgan fingerprint density at radius 2 is 1.80 bits per heavy atom. The number of anilines is 1. The van der Waals surface area contributed by atoms with E-state index >= 15 is 0 Å². The van der Waals surface area contributed by atoms with Crippen LogP contribution >= 0.6 is 0 Å². The second-order valence-electron chi connectivity index (χ2n) is 7.57. The number of amides is 2. The number of imidazole rings is 1. The second-order valence-corrected chi connectivity index (χ2v) is 7.57. The molecule has 2 aromatic heterocycles. The largest absolute Gasteiger partial charge is 0.367 e. The number of aromatic nitrogens is 2. The zero-order chi connectivity index (χ0) is 20.8. The van der Waals surface area contributed by atoms with Crippen molar-refractivity contribution in [3.8, 4) is 0 Å². The molecule has 30 heavy (non-hydrogen) atoms. The molecule has 0 radical (unpaired) electrons. The maximum absolute atomic E-state index is 13.0. The van der Waals surface area contributed by atoms with Gasteiger partial charge >= 0.3 is 0 Å². The Labute approximate surface area is 175 Å². The van der Waals surface area contributed by atoms with Gasteiger partial charge in [0.1, 0.15) is 12.3 Å². The van der Waals surface area contributed by atoms with Gasteiger partial charge in [0.25, 0.3) is 11.8 Å². The summed E-state index contributed by atoms with van der Waals surface area (Å²) in [5, 5.41) is 5.86. The van der Waals surface area contributed by atoms with Crippen LogP contribution < -0.4 is 10.6 Å². The summed E-state index contributed by atoms with van der Waals surface area (Å²) < 4.78 is 7.21. The van der Waals surface area contributed by atoms with Crippen molar-refractivity contribution >= 4 is 23.3 Å². The highest BCUT2D eigenvalue weighted by Crippen LogP contribution is 2.21. The van der Waals surface area contributed by atoms with Crippen LogP contribution in [0.2, 0.25) is 0 Å². The molecule has 0 spiro atoms. The number of rotatable bonds is 7. The lowest BCUT2D eigenvalue weighted by atomic mass is 9.95. The van der Waals surface area contributed by atoms with Gasteiger partial charge < -0.3 is 15.4 Å². The van der Waals surface area contributed by atoms with Crippen molar-refractivity contribution < 1.29 is 14.3 Å². The Kier molecular flexibility index (Phi) is 6.39. The maximum atomic E-state index is 13.0. The first-order valence-electron chi connectivity index (χ1n) is 10.4. The molecule has 1 fully saturated rings. The van der Waals surface area contributed by atoms with Crippen LogP contribution in [-0.2, 0) is 16.1 Å². The molecule has 4 rings (SSSR count). The van der Waals surface area contributed by atoms with Crippen molar-refractivity contribution in [1.82, 2.24) is 14.7 Å². The van der Waals surface area contributed by atoms with Gasteiger partial charge in [0, 0.05) is 12.2 Å². The maximum Gasteiger partial charge on any atom is 0.272 e. The minimum Gasteiger partial charge on any atom is -0.367 e. The fourth-order valence-electron chi connectivity index (χ4n) is 3.80. The van der Waals surface area contributed by atoms with Crippen LogP contribution in [0.3, 0.4) is 0 Å². The lowest BCUT2D eigenvalue weighted by Crippen LogP contribution is -2.37. The van der Waals surface area contributed by atoms with Gasteiger partial charge in [0.15, 0.2) is 11.5 Å². The number of benzene rings is 1. The SMILES string of the molecule is O=C(COCc1ccccc1)Nc1nc2ccccn2c1C(=O)NC1CCCCC1. The first-order valence-corrected chi connectivity index (χ1v) is 10.4. The normalized spacial score (nSPS) is 14.5. The Morgan fingerprint density at radius 1 is 1.03 bits per heavy atom. The summed E-state index contributed by atoms with van der Waals surface area (Å²) in [6.45, 7) is 0.223. The molecule has 0 bridgehead atoms. The summed E-state index contributed by atoms with van der Waals surface area (Å²) in [4.78, 5) is 29.9. The van der Waals surface area contributed by atoms with Crippen LogP contribution in [0.1, 0.15) is 48.2 Å². The third-order valence-corrected chi connectivity index (χ3v) is 5.29. The molecular formula is C23H26N4O3. The second kappa shape index (κ2) is 9.54. The number of ether oxygens (including phenoxy) is 1. The van der Waals surface area contributed by atoms with Crippen molar-refractivity contribution in [3.05, 3.63) is 66.0 Å². The zero-order valence-corrected chi connectivity index (χ0v) is 16.8. The quantitative estimate of drug-likeness (QED) is 0.628. The Balaban J connectivity index is 1.45. The molecule has 7 heteroatoms. The van der Waals surface area contributed by atoms with E-state index in [0.29, 0.717) is 17.9 Å². The molecule has 0 aliphatic heterocycles. The minimum atomic E-state index is -0.346. The van der Waals surface area contributed by atoms with E-state index in [-0.39, 0.29) is 30.3 Å². The summed E-state index contributed by atoms with van der Waals surface area (Å²) in [6, 6.07) is 15.3. The summed E-state index contributed by atoms with van der Waals surface area (Å²) in [5.41, 5.74) is 1.94. The third kappa shape index (κ3) is 4.86. The lowest BCUT2D eigenvalue weighted by molar-refractivity contribution is -0.121. The first-order chi connectivity index (χ1) is 14.7. The average Bonchev–Trinajstić information content (AvgIpc) is 3.13. The van der Waals surface area contributed by atoms with Crippen LogP contribution in [-0.4, -0.2) is 33.8 Å². The number of nitrogens with one attached hydrogen (secondary N) is 2. The van der Waals surface area contributed by atoms with E-state index in [1.807, 2.05) is 42.5 Å². The van der Waals surface area contributed by atoms with E-state index in [2.05, 4.69) is 15.6 Å². The molecule has 1 aliphatic rings. The highest BCUT2D eigenvalue weighted by Gasteiger charge is 2.24.